The fraction of sp³-hybridized carbons (Fsp3) is 0.130. The molecule has 28 heavy (non-hydrogen) atoms. The van der Waals surface area contributed by atoms with E-state index in [4.69, 9.17) is 9.15 Å². The topological polar surface area (TPSA) is 68.5 Å². The summed E-state index contributed by atoms with van der Waals surface area (Å²) in [5.74, 6) is 0.398. The van der Waals surface area contributed by atoms with Gasteiger partial charge in [0.2, 0.25) is 5.43 Å². The van der Waals surface area contributed by atoms with Gasteiger partial charge in [-0.1, -0.05) is 24.3 Å². The second-order valence-corrected chi connectivity index (χ2v) is 6.74. The highest BCUT2D eigenvalue weighted by molar-refractivity contribution is 5.96. The third-order valence-electron chi connectivity index (χ3n) is 4.56. The van der Waals surface area contributed by atoms with Gasteiger partial charge in [0.15, 0.2) is 6.61 Å². The summed E-state index contributed by atoms with van der Waals surface area (Å²) in [6.07, 6.45) is 0. The highest BCUT2D eigenvalue weighted by atomic mass is 16.5. The first-order chi connectivity index (χ1) is 13.5. The molecule has 0 aliphatic heterocycles. The van der Waals surface area contributed by atoms with E-state index in [2.05, 4.69) is 5.32 Å². The summed E-state index contributed by atoms with van der Waals surface area (Å²) in [7, 11) is 0. The smallest absolute Gasteiger partial charge is 0.262 e. The molecule has 0 spiro atoms. The number of para-hydroxylation sites is 1. The Labute approximate surface area is 161 Å². The minimum Gasteiger partial charge on any atom is -0.483 e. The summed E-state index contributed by atoms with van der Waals surface area (Å²) >= 11 is 0. The molecular formula is C23H19NO4. The van der Waals surface area contributed by atoms with Crippen molar-refractivity contribution >= 4 is 33.5 Å². The number of amides is 1. The highest BCUT2D eigenvalue weighted by Gasteiger charge is 2.10. The fourth-order valence-corrected chi connectivity index (χ4v) is 3.08. The molecule has 1 N–H and O–H groups in total. The van der Waals surface area contributed by atoms with Gasteiger partial charge < -0.3 is 14.5 Å². The van der Waals surface area contributed by atoms with Gasteiger partial charge in [0.05, 0.1) is 10.8 Å². The van der Waals surface area contributed by atoms with Gasteiger partial charge in [-0.05, 0) is 55.3 Å². The highest BCUT2D eigenvalue weighted by Crippen LogP contribution is 2.22. The van der Waals surface area contributed by atoms with Gasteiger partial charge in [0.25, 0.3) is 5.91 Å². The zero-order valence-corrected chi connectivity index (χ0v) is 15.6. The van der Waals surface area contributed by atoms with Crippen molar-refractivity contribution in [3.05, 3.63) is 82.0 Å². The quantitative estimate of drug-likeness (QED) is 0.532. The van der Waals surface area contributed by atoms with Crippen molar-refractivity contribution in [1.29, 1.82) is 0 Å². The molecule has 140 valence electrons. The van der Waals surface area contributed by atoms with Crippen LogP contribution in [0.4, 0.5) is 5.69 Å². The number of rotatable bonds is 4. The van der Waals surface area contributed by atoms with Crippen molar-refractivity contribution in [2.75, 3.05) is 11.9 Å². The van der Waals surface area contributed by atoms with Crippen LogP contribution in [0.2, 0.25) is 0 Å². The van der Waals surface area contributed by atoms with E-state index in [1.807, 2.05) is 38.1 Å². The summed E-state index contributed by atoms with van der Waals surface area (Å²) < 4.78 is 11.5. The molecule has 0 bridgehead atoms. The lowest BCUT2D eigenvalue weighted by Gasteiger charge is -2.10. The van der Waals surface area contributed by atoms with E-state index < -0.39 is 0 Å². The Hall–Kier alpha value is -3.60. The molecule has 0 radical (unpaired) electrons. The van der Waals surface area contributed by atoms with E-state index in [1.165, 1.54) is 0 Å². The van der Waals surface area contributed by atoms with Gasteiger partial charge in [-0.3, -0.25) is 9.59 Å². The van der Waals surface area contributed by atoms with Crippen molar-refractivity contribution < 1.29 is 13.9 Å². The normalized spacial score (nSPS) is 10.9. The summed E-state index contributed by atoms with van der Waals surface area (Å²) in [6.45, 7) is 3.80. The molecule has 3 aromatic carbocycles. The lowest BCUT2D eigenvalue weighted by Crippen LogP contribution is -2.20. The number of hydrogen-bond acceptors (Lipinski definition) is 4. The standard InChI is InChI=1S/C23H19NO4/c1-14-7-8-15(2)20(11-14)27-13-22(25)24-16-9-10-18-21(12-16)28-19-6-4-3-5-17(19)23(18)26/h3-12H,13H2,1-2H3,(H,24,25). The molecule has 5 nitrogen and oxygen atoms in total. The Kier molecular flexibility index (Phi) is 4.57. The maximum Gasteiger partial charge on any atom is 0.262 e. The second kappa shape index (κ2) is 7.19. The number of benzene rings is 3. The van der Waals surface area contributed by atoms with Crippen molar-refractivity contribution in [3.8, 4) is 5.75 Å². The van der Waals surface area contributed by atoms with E-state index in [0.29, 0.717) is 33.4 Å². The number of carbonyl (C=O) groups is 1. The van der Waals surface area contributed by atoms with Crippen LogP contribution in [0.15, 0.2) is 69.9 Å². The molecule has 4 aromatic rings. The summed E-state index contributed by atoms with van der Waals surface area (Å²) in [6, 6.07) is 18.0. The zero-order valence-electron chi connectivity index (χ0n) is 15.6. The van der Waals surface area contributed by atoms with Crippen LogP contribution in [0, 0.1) is 13.8 Å². The average molecular weight is 373 g/mol. The van der Waals surface area contributed by atoms with Crippen molar-refractivity contribution in [1.82, 2.24) is 0 Å². The van der Waals surface area contributed by atoms with E-state index in [1.54, 1.807) is 36.4 Å². The molecule has 0 atom stereocenters. The predicted octanol–water partition coefficient (Wildman–Crippen LogP) is 4.58. The number of hydrogen-bond donors (Lipinski definition) is 1. The molecule has 4 rings (SSSR count). The second-order valence-electron chi connectivity index (χ2n) is 6.74. The molecule has 0 unspecified atom stereocenters. The average Bonchev–Trinajstić information content (AvgIpc) is 2.69. The SMILES string of the molecule is Cc1ccc(C)c(OCC(=O)Nc2ccc3c(=O)c4ccccc4oc3c2)c1. The number of carbonyl (C=O) groups excluding carboxylic acids is 1. The first-order valence-electron chi connectivity index (χ1n) is 8.97. The van der Waals surface area contributed by atoms with Crippen LogP contribution in [-0.2, 0) is 4.79 Å². The van der Waals surface area contributed by atoms with Gasteiger partial charge >= 0.3 is 0 Å². The molecule has 1 heterocycles. The summed E-state index contributed by atoms with van der Waals surface area (Å²) in [5.41, 5.74) is 3.43. The molecule has 1 amide bonds. The third-order valence-corrected chi connectivity index (χ3v) is 4.56. The molecule has 0 saturated carbocycles. The van der Waals surface area contributed by atoms with Gasteiger partial charge in [-0.15, -0.1) is 0 Å². The van der Waals surface area contributed by atoms with Gasteiger partial charge in [0.1, 0.15) is 16.9 Å². The zero-order chi connectivity index (χ0) is 19.7. The van der Waals surface area contributed by atoms with Crippen LogP contribution in [0.25, 0.3) is 21.9 Å². The lowest BCUT2D eigenvalue weighted by atomic mass is 10.1. The largest absolute Gasteiger partial charge is 0.483 e. The van der Waals surface area contributed by atoms with Crippen LogP contribution in [0.3, 0.4) is 0 Å². The monoisotopic (exact) mass is 373 g/mol. The van der Waals surface area contributed by atoms with Crippen LogP contribution < -0.4 is 15.5 Å². The van der Waals surface area contributed by atoms with Gasteiger partial charge in [0, 0.05) is 11.8 Å². The predicted molar refractivity (Wildman–Crippen MR) is 110 cm³/mol. The van der Waals surface area contributed by atoms with E-state index in [9.17, 15) is 9.59 Å². The Morgan fingerprint density at radius 2 is 1.75 bits per heavy atom. The van der Waals surface area contributed by atoms with Crippen LogP contribution in [0.5, 0.6) is 5.75 Å². The first-order valence-corrected chi connectivity index (χ1v) is 8.97. The maximum absolute atomic E-state index is 12.6. The van der Waals surface area contributed by atoms with Crippen LogP contribution in [0.1, 0.15) is 11.1 Å². The summed E-state index contributed by atoms with van der Waals surface area (Å²) in [4.78, 5) is 24.8. The molecule has 0 aliphatic carbocycles. The van der Waals surface area contributed by atoms with E-state index >= 15 is 0 Å². The molecule has 0 saturated heterocycles. The lowest BCUT2D eigenvalue weighted by molar-refractivity contribution is -0.118. The Balaban J connectivity index is 1.54. The van der Waals surface area contributed by atoms with Crippen molar-refractivity contribution in [2.45, 2.75) is 13.8 Å². The van der Waals surface area contributed by atoms with Crippen LogP contribution in [-0.4, -0.2) is 12.5 Å². The number of ether oxygens (including phenoxy) is 1. The number of nitrogens with one attached hydrogen (secondary N) is 1. The van der Waals surface area contributed by atoms with Crippen molar-refractivity contribution in [3.63, 3.8) is 0 Å². The molecule has 1 aromatic heterocycles. The number of anilines is 1. The summed E-state index contributed by atoms with van der Waals surface area (Å²) in [5, 5.41) is 3.79. The minimum atomic E-state index is -0.289. The number of fused-ring (bicyclic) bond motifs is 2. The Bertz CT molecular complexity index is 1260. The van der Waals surface area contributed by atoms with E-state index in [-0.39, 0.29) is 17.9 Å². The molecular weight excluding hydrogens is 354 g/mol. The van der Waals surface area contributed by atoms with E-state index in [0.717, 1.165) is 11.1 Å². The Morgan fingerprint density at radius 3 is 2.61 bits per heavy atom. The third kappa shape index (κ3) is 3.47. The van der Waals surface area contributed by atoms with Crippen LogP contribution >= 0.6 is 0 Å². The molecule has 0 aliphatic rings. The molecule has 0 fully saturated rings. The maximum atomic E-state index is 12.6. The minimum absolute atomic E-state index is 0.0898. The fourth-order valence-electron chi connectivity index (χ4n) is 3.08. The van der Waals surface area contributed by atoms with Gasteiger partial charge in [-0.25, -0.2) is 0 Å². The van der Waals surface area contributed by atoms with Gasteiger partial charge in [-0.2, -0.15) is 0 Å². The molecule has 5 heteroatoms. The van der Waals surface area contributed by atoms with Crippen molar-refractivity contribution in [2.24, 2.45) is 0 Å². The number of aryl methyl sites for hydroxylation is 2. The Morgan fingerprint density at radius 1 is 0.964 bits per heavy atom. The first kappa shape index (κ1) is 17.8.